The Balaban J connectivity index is 1.79. The quantitative estimate of drug-likeness (QED) is 0.699. The summed E-state index contributed by atoms with van der Waals surface area (Å²) in [5.74, 6) is 0.691. The number of rotatable bonds is 6. The van der Waals surface area contributed by atoms with Gasteiger partial charge >= 0.3 is 0 Å². The zero-order chi connectivity index (χ0) is 13.8. The smallest absolute Gasteiger partial charge is 0.213 e. The molecule has 0 saturated heterocycles. The lowest BCUT2D eigenvalue weighted by Gasteiger charge is -2.05. The van der Waals surface area contributed by atoms with Crippen molar-refractivity contribution in [3.63, 3.8) is 0 Å². The summed E-state index contributed by atoms with van der Waals surface area (Å²) < 4.78 is 6.90. The number of hydrogen-bond donors (Lipinski definition) is 1. The molecular weight excluding hydrogens is 252 g/mol. The molecule has 0 spiro atoms. The third-order valence-electron chi connectivity index (χ3n) is 3.31. The van der Waals surface area contributed by atoms with Gasteiger partial charge in [0.2, 0.25) is 6.39 Å². The standard InChI is InChI=1S/C15H18N4O/c1-2-6-16-9-12-3-4-14-13(8-12)5-7-19(14)10-15-17-11-20-18-15/h3-5,7-8,11,16H,2,6,9-10H2,1H3. The molecule has 0 fully saturated rings. The van der Waals surface area contributed by atoms with E-state index < -0.39 is 0 Å². The zero-order valence-electron chi connectivity index (χ0n) is 11.5. The lowest BCUT2D eigenvalue weighted by Crippen LogP contribution is -2.13. The molecule has 5 heteroatoms. The summed E-state index contributed by atoms with van der Waals surface area (Å²) in [6.45, 7) is 4.78. The van der Waals surface area contributed by atoms with Crippen LogP contribution in [0.4, 0.5) is 0 Å². The van der Waals surface area contributed by atoms with Crippen molar-refractivity contribution in [1.82, 2.24) is 20.0 Å². The molecule has 3 rings (SSSR count). The van der Waals surface area contributed by atoms with Gasteiger partial charge in [-0.25, -0.2) is 0 Å². The molecule has 5 nitrogen and oxygen atoms in total. The van der Waals surface area contributed by atoms with E-state index in [9.17, 15) is 0 Å². The molecule has 0 aliphatic heterocycles. The highest BCUT2D eigenvalue weighted by Gasteiger charge is 2.05. The van der Waals surface area contributed by atoms with Gasteiger partial charge < -0.3 is 14.4 Å². The van der Waals surface area contributed by atoms with E-state index in [0.717, 1.165) is 19.5 Å². The molecule has 20 heavy (non-hydrogen) atoms. The van der Waals surface area contributed by atoms with Gasteiger partial charge in [-0.05, 0) is 42.1 Å². The molecule has 0 radical (unpaired) electrons. The van der Waals surface area contributed by atoms with Crippen LogP contribution in [0.1, 0.15) is 24.7 Å². The van der Waals surface area contributed by atoms with Crippen LogP contribution in [-0.4, -0.2) is 21.3 Å². The second-order valence-corrected chi connectivity index (χ2v) is 4.86. The Morgan fingerprint density at radius 3 is 3.05 bits per heavy atom. The Hall–Kier alpha value is -2.14. The Morgan fingerprint density at radius 1 is 1.30 bits per heavy atom. The van der Waals surface area contributed by atoms with E-state index in [2.05, 4.69) is 57.4 Å². The first-order valence-corrected chi connectivity index (χ1v) is 6.90. The number of benzene rings is 1. The van der Waals surface area contributed by atoms with Gasteiger partial charge in [-0.15, -0.1) is 0 Å². The first kappa shape index (κ1) is 12.9. The van der Waals surface area contributed by atoms with Crippen molar-refractivity contribution in [1.29, 1.82) is 0 Å². The fourth-order valence-electron chi connectivity index (χ4n) is 2.32. The molecule has 2 heterocycles. The summed E-state index contributed by atoms with van der Waals surface area (Å²) in [6, 6.07) is 8.67. The van der Waals surface area contributed by atoms with E-state index in [0.29, 0.717) is 12.4 Å². The maximum Gasteiger partial charge on any atom is 0.213 e. The van der Waals surface area contributed by atoms with Gasteiger partial charge in [0, 0.05) is 18.3 Å². The fraction of sp³-hybridized carbons (Fsp3) is 0.333. The van der Waals surface area contributed by atoms with Crippen molar-refractivity contribution in [2.75, 3.05) is 6.54 Å². The molecule has 0 atom stereocenters. The maximum atomic E-state index is 4.77. The van der Waals surface area contributed by atoms with Gasteiger partial charge in [-0.1, -0.05) is 18.1 Å². The second-order valence-electron chi connectivity index (χ2n) is 4.86. The van der Waals surface area contributed by atoms with E-state index in [1.807, 2.05) is 0 Å². The molecule has 104 valence electrons. The SMILES string of the molecule is CCCNCc1ccc2c(ccn2Cc2ncon2)c1. The molecule has 1 N–H and O–H groups in total. The van der Waals surface area contributed by atoms with Crippen LogP contribution in [0.25, 0.3) is 10.9 Å². The molecule has 0 unspecified atom stereocenters. The topological polar surface area (TPSA) is 55.9 Å². The van der Waals surface area contributed by atoms with E-state index >= 15 is 0 Å². The summed E-state index contributed by atoms with van der Waals surface area (Å²) in [5, 5.41) is 8.51. The van der Waals surface area contributed by atoms with Crippen LogP contribution in [0.5, 0.6) is 0 Å². The number of hydrogen-bond acceptors (Lipinski definition) is 4. The van der Waals surface area contributed by atoms with Gasteiger partial charge in [0.15, 0.2) is 5.82 Å². The van der Waals surface area contributed by atoms with E-state index in [4.69, 9.17) is 4.52 Å². The van der Waals surface area contributed by atoms with Crippen LogP contribution in [0.2, 0.25) is 0 Å². The highest BCUT2D eigenvalue weighted by atomic mass is 16.5. The summed E-state index contributed by atoms with van der Waals surface area (Å²) in [5.41, 5.74) is 2.50. The average Bonchev–Trinajstić information content (AvgIpc) is 3.10. The van der Waals surface area contributed by atoms with Crippen molar-refractivity contribution in [2.24, 2.45) is 0 Å². The predicted octanol–water partition coefficient (Wildman–Crippen LogP) is 2.57. The Bertz CT molecular complexity index is 672. The van der Waals surface area contributed by atoms with Crippen LogP contribution >= 0.6 is 0 Å². The molecule has 0 aliphatic carbocycles. The second kappa shape index (κ2) is 5.88. The van der Waals surface area contributed by atoms with Gasteiger partial charge in [0.1, 0.15) is 0 Å². The summed E-state index contributed by atoms with van der Waals surface area (Å²) in [6.07, 6.45) is 4.58. The largest absolute Gasteiger partial charge is 0.343 e. The Labute approximate surface area is 117 Å². The van der Waals surface area contributed by atoms with Crippen molar-refractivity contribution in [3.05, 3.63) is 48.2 Å². The van der Waals surface area contributed by atoms with E-state index in [1.165, 1.54) is 22.9 Å². The molecule has 2 aromatic heterocycles. The van der Waals surface area contributed by atoms with Crippen molar-refractivity contribution >= 4 is 10.9 Å². The molecule has 0 saturated carbocycles. The molecular formula is C15H18N4O. The maximum absolute atomic E-state index is 4.77. The third kappa shape index (κ3) is 2.72. The van der Waals surface area contributed by atoms with Crippen LogP contribution in [-0.2, 0) is 13.1 Å². The Kier molecular flexibility index (Phi) is 3.78. The lowest BCUT2D eigenvalue weighted by molar-refractivity contribution is 0.408. The Morgan fingerprint density at radius 2 is 2.25 bits per heavy atom. The minimum atomic E-state index is 0.632. The van der Waals surface area contributed by atoms with Crippen molar-refractivity contribution in [2.45, 2.75) is 26.4 Å². The predicted molar refractivity (Wildman–Crippen MR) is 77.3 cm³/mol. The molecule has 1 aromatic carbocycles. The molecule has 3 aromatic rings. The number of nitrogens with one attached hydrogen (secondary N) is 1. The van der Waals surface area contributed by atoms with Gasteiger partial charge in [-0.2, -0.15) is 4.98 Å². The fourth-order valence-corrected chi connectivity index (χ4v) is 2.32. The molecule has 0 bridgehead atoms. The van der Waals surface area contributed by atoms with Gasteiger partial charge in [-0.3, -0.25) is 0 Å². The summed E-state index contributed by atoms with van der Waals surface area (Å²) in [4.78, 5) is 4.06. The van der Waals surface area contributed by atoms with Crippen molar-refractivity contribution < 1.29 is 4.52 Å². The lowest BCUT2D eigenvalue weighted by atomic mass is 10.1. The first-order chi connectivity index (χ1) is 9.86. The van der Waals surface area contributed by atoms with Crippen LogP contribution in [0, 0.1) is 0 Å². The summed E-state index contributed by atoms with van der Waals surface area (Å²) >= 11 is 0. The molecule has 0 amide bonds. The van der Waals surface area contributed by atoms with Crippen LogP contribution in [0.15, 0.2) is 41.4 Å². The zero-order valence-corrected chi connectivity index (χ0v) is 11.5. The normalized spacial score (nSPS) is 11.2. The highest BCUT2D eigenvalue weighted by molar-refractivity contribution is 5.80. The number of fused-ring (bicyclic) bond motifs is 1. The molecule has 0 aliphatic rings. The summed E-state index contributed by atoms with van der Waals surface area (Å²) in [7, 11) is 0. The highest BCUT2D eigenvalue weighted by Crippen LogP contribution is 2.18. The third-order valence-corrected chi connectivity index (χ3v) is 3.31. The number of aromatic nitrogens is 3. The number of nitrogens with zero attached hydrogens (tertiary/aromatic N) is 3. The minimum Gasteiger partial charge on any atom is -0.343 e. The van der Waals surface area contributed by atoms with Crippen molar-refractivity contribution in [3.8, 4) is 0 Å². The van der Waals surface area contributed by atoms with Gasteiger partial charge in [0.05, 0.1) is 6.54 Å². The van der Waals surface area contributed by atoms with Crippen LogP contribution < -0.4 is 5.32 Å². The van der Waals surface area contributed by atoms with E-state index in [1.54, 1.807) is 0 Å². The average molecular weight is 270 g/mol. The monoisotopic (exact) mass is 270 g/mol. The van der Waals surface area contributed by atoms with E-state index in [-0.39, 0.29) is 0 Å². The minimum absolute atomic E-state index is 0.632. The van der Waals surface area contributed by atoms with Crippen LogP contribution in [0.3, 0.4) is 0 Å². The van der Waals surface area contributed by atoms with Gasteiger partial charge in [0.25, 0.3) is 0 Å². The first-order valence-electron chi connectivity index (χ1n) is 6.90.